The summed E-state index contributed by atoms with van der Waals surface area (Å²) in [4.78, 5) is 24.8. The number of hydrogen-bond acceptors (Lipinski definition) is 5. The molecule has 0 saturated carbocycles. The van der Waals surface area contributed by atoms with Gasteiger partial charge in [0.25, 0.3) is 5.91 Å². The van der Waals surface area contributed by atoms with Crippen LogP contribution in [0.25, 0.3) is 0 Å². The number of hydrogen-bond donors (Lipinski definition) is 2. The molecule has 2 N–H and O–H groups in total. The molecule has 0 fully saturated rings. The Labute approximate surface area is 218 Å². The molecule has 0 bridgehead atoms. The normalized spacial score (nSPS) is 16.8. The summed E-state index contributed by atoms with van der Waals surface area (Å²) < 4.78 is 12.4. The molecule has 3 unspecified atom stereocenters. The number of rotatable bonds is 11. The Hall–Kier alpha value is -4.00. The predicted molar refractivity (Wildman–Crippen MR) is 143 cm³/mol. The number of fused-ring (bicyclic) bond motifs is 1. The number of carbonyl (C=O) groups excluding carboxylic acids is 1. The number of nitrogens with zero attached hydrogens (tertiary/aromatic N) is 1. The Balaban J connectivity index is 1.38. The summed E-state index contributed by atoms with van der Waals surface area (Å²) in [5.74, 6) is 0.763. The van der Waals surface area contributed by atoms with Crippen molar-refractivity contribution in [3.8, 4) is 11.5 Å². The number of anilines is 1. The van der Waals surface area contributed by atoms with Crippen LogP contribution in [0.3, 0.4) is 0 Å². The quantitative estimate of drug-likeness (QED) is 0.357. The summed E-state index contributed by atoms with van der Waals surface area (Å²) in [5, 5.41) is 12.4. The van der Waals surface area contributed by atoms with Crippen molar-refractivity contribution in [1.82, 2.24) is 4.90 Å². The Kier molecular flexibility index (Phi) is 8.33. The van der Waals surface area contributed by atoms with Gasteiger partial charge >= 0.3 is 5.97 Å². The van der Waals surface area contributed by atoms with Gasteiger partial charge in [0, 0.05) is 36.3 Å². The zero-order valence-electron chi connectivity index (χ0n) is 21.5. The summed E-state index contributed by atoms with van der Waals surface area (Å²) >= 11 is 0. The third-order valence-electron chi connectivity index (χ3n) is 6.80. The fraction of sp³-hybridized carbons (Fsp3) is 0.333. The summed E-state index contributed by atoms with van der Waals surface area (Å²) in [6.45, 7) is 4.99. The molecule has 1 aliphatic heterocycles. The minimum Gasteiger partial charge on any atom is -0.489 e. The average Bonchev–Trinajstić information content (AvgIpc) is 3.25. The van der Waals surface area contributed by atoms with Gasteiger partial charge in [-0.1, -0.05) is 44.2 Å². The highest BCUT2D eigenvalue weighted by Gasteiger charge is 2.36. The first-order valence-corrected chi connectivity index (χ1v) is 12.7. The number of carboxylic acids is 1. The lowest BCUT2D eigenvalue weighted by Crippen LogP contribution is -2.38. The molecule has 0 aliphatic carbocycles. The Bertz CT molecular complexity index is 1210. The van der Waals surface area contributed by atoms with E-state index in [-0.39, 0.29) is 36.9 Å². The molecule has 3 atom stereocenters. The van der Waals surface area contributed by atoms with Crippen LogP contribution in [0, 0.1) is 0 Å². The molecular weight excluding hydrogens is 468 g/mol. The predicted octanol–water partition coefficient (Wildman–Crippen LogP) is 5.57. The molecule has 1 amide bonds. The van der Waals surface area contributed by atoms with Crippen molar-refractivity contribution in [3.63, 3.8) is 0 Å². The molecule has 194 valence electrons. The second-order valence-electron chi connectivity index (χ2n) is 9.45. The first-order chi connectivity index (χ1) is 17.9. The van der Waals surface area contributed by atoms with E-state index in [9.17, 15) is 9.59 Å². The molecule has 4 rings (SSSR count). The van der Waals surface area contributed by atoms with E-state index in [1.165, 1.54) is 4.90 Å². The lowest BCUT2D eigenvalue weighted by Gasteiger charge is -2.27. The van der Waals surface area contributed by atoms with Crippen LogP contribution in [-0.4, -0.2) is 47.6 Å². The maximum atomic E-state index is 12.6. The van der Waals surface area contributed by atoms with Crippen LogP contribution in [0.5, 0.6) is 11.5 Å². The van der Waals surface area contributed by atoms with Gasteiger partial charge in [0.1, 0.15) is 24.2 Å². The number of ether oxygens (including phenoxy) is 2. The zero-order valence-corrected chi connectivity index (χ0v) is 21.5. The summed E-state index contributed by atoms with van der Waals surface area (Å²) in [7, 11) is 1.61. The number of carbonyl (C=O) groups is 2. The van der Waals surface area contributed by atoms with Gasteiger partial charge in [0.15, 0.2) is 0 Å². The summed E-state index contributed by atoms with van der Waals surface area (Å²) in [5.41, 5.74) is 3.68. The minimum absolute atomic E-state index is 0.0483. The molecular formula is C30H34N2O5. The van der Waals surface area contributed by atoms with E-state index in [0.29, 0.717) is 12.2 Å². The molecule has 0 spiro atoms. The Morgan fingerprint density at radius 2 is 1.81 bits per heavy atom. The van der Waals surface area contributed by atoms with E-state index in [1.807, 2.05) is 54.6 Å². The highest BCUT2D eigenvalue weighted by Crippen LogP contribution is 2.42. The highest BCUT2D eigenvalue weighted by atomic mass is 16.5. The second kappa shape index (κ2) is 11.8. The van der Waals surface area contributed by atoms with Crippen molar-refractivity contribution in [2.24, 2.45) is 0 Å². The first-order valence-electron chi connectivity index (χ1n) is 12.7. The van der Waals surface area contributed by atoms with Gasteiger partial charge in [-0.15, -0.1) is 0 Å². The number of amides is 1. The standard InChI is InChI=1S/C30H34N2O5/c1-4-26(31-23-12-10-22(11-13-23)30(35)32(3)17-16-28(33)34)29-20(2)25-18-24(14-15-27(25)37-29)36-19-21-8-6-5-7-9-21/h5-15,18,20,26,29,31H,4,16-17,19H2,1-3H3,(H,33,34). The van der Waals surface area contributed by atoms with E-state index in [4.69, 9.17) is 14.6 Å². The van der Waals surface area contributed by atoms with Crippen LogP contribution < -0.4 is 14.8 Å². The monoisotopic (exact) mass is 502 g/mol. The number of nitrogens with one attached hydrogen (secondary N) is 1. The summed E-state index contributed by atoms with van der Waals surface area (Å²) in [6, 6.07) is 23.5. The van der Waals surface area contributed by atoms with Gasteiger partial charge < -0.3 is 24.8 Å². The molecule has 1 aliphatic rings. The van der Waals surface area contributed by atoms with E-state index in [0.717, 1.165) is 34.7 Å². The molecule has 0 radical (unpaired) electrons. The largest absolute Gasteiger partial charge is 0.489 e. The van der Waals surface area contributed by atoms with E-state index < -0.39 is 5.97 Å². The summed E-state index contributed by atoms with van der Waals surface area (Å²) in [6.07, 6.45) is 0.731. The molecule has 1 heterocycles. The van der Waals surface area contributed by atoms with Crippen molar-refractivity contribution in [2.75, 3.05) is 18.9 Å². The Morgan fingerprint density at radius 3 is 2.49 bits per heavy atom. The Morgan fingerprint density at radius 1 is 1.08 bits per heavy atom. The fourth-order valence-corrected chi connectivity index (χ4v) is 4.60. The van der Waals surface area contributed by atoms with Crippen LogP contribution in [0.2, 0.25) is 0 Å². The van der Waals surface area contributed by atoms with Gasteiger partial charge in [-0.05, 0) is 54.4 Å². The number of aliphatic carboxylic acids is 1. The maximum Gasteiger partial charge on any atom is 0.305 e. The van der Waals surface area contributed by atoms with Gasteiger partial charge in [-0.25, -0.2) is 0 Å². The third kappa shape index (κ3) is 6.42. The second-order valence-corrected chi connectivity index (χ2v) is 9.45. The molecule has 7 nitrogen and oxygen atoms in total. The van der Waals surface area contributed by atoms with Crippen molar-refractivity contribution in [3.05, 3.63) is 89.5 Å². The van der Waals surface area contributed by atoms with Gasteiger partial charge in [0.05, 0.1) is 12.5 Å². The van der Waals surface area contributed by atoms with Crippen molar-refractivity contribution in [2.45, 2.75) is 51.4 Å². The van der Waals surface area contributed by atoms with Crippen molar-refractivity contribution >= 4 is 17.6 Å². The highest BCUT2D eigenvalue weighted by molar-refractivity contribution is 5.94. The van der Waals surface area contributed by atoms with Gasteiger partial charge in [-0.2, -0.15) is 0 Å². The van der Waals surface area contributed by atoms with Crippen LogP contribution in [0.15, 0.2) is 72.8 Å². The van der Waals surface area contributed by atoms with Crippen LogP contribution in [0.4, 0.5) is 5.69 Å². The minimum atomic E-state index is -0.925. The molecule has 3 aromatic carbocycles. The van der Waals surface area contributed by atoms with Crippen molar-refractivity contribution in [1.29, 1.82) is 0 Å². The van der Waals surface area contributed by atoms with Gasteiger partial charge in [0.2, 0.25) is 0 Å². The molecule has 0 aromatic heterocycles. The zero-order chi connectivity index (χ0) is 26.4. The van der Waals surface area contributed by atoms with Crippen LogP contribution >= 0.6 is 0 Å². The maximum absolute atomic E-state index is 12.6. The average molecular weight is 503 g/mol. The van der Waals surface area contributed by atoms with E-state index >= 15 is 0 Å². The first kappa shape index (κ1) is 26.1. The molecule has 7 heteroatoms. The van der Waals surface area contributed by atoms with Crippen LogP contribution in [0.1, 0.15) is 54.1 Å². The van der Waals surface area contributed by atoms with E-state index in [1.54, 1.807) is 19.2 Å². The fourth-order valence-electron chi connectivity index (χ4n) is 4.60. The topological polar surface area (TPSA) is 88.1 Å². The SMILES string of the molecule is CCC(Nc1ccc(C(=O)N(C)CCC(=O)O)cc1)C1Oc2ccc(OCc3ccccc3)cc2C1C. The van der Waals surface area contributed by atoms with Gasteiger partial charge in [-0.3, -0.25) is 9.59 Å². The third-order valence-corrected chi connectivity index (χ3v) is 6.80. The lowest BCUT2D eigenvalue weighted by atomic mass is 9.91. The number of carboxylic acid groups (broad SMARTS) is 1. The van der Waals surface area contributed by atoms with Crippen molar-refractivity contribution < 1.29 is 24.2 Å². The molecule has 37 heavy (non-hydrogen) atoms. The number of benzene rings is 3. The lowest BCUT2D eigenvalue weighted by molar-refractivity contribution is -0.137. The van der Waals surface area contributed by atoms with E-state index in [2.05, 4.69) is 25.2 Å². The van der Waals surface area contributed by atoms with Crippen LogP contribution in [-0.2, 0) is 11.4 Å². The molecule has 3 aromatic rings. The molecule has 0 saturated heterocycles. The smallest absolute Gasteiger partial charge is 0.305 e.